The van der Waals surface area contributed by atoms with E-state index in [0.29, 0.717) is 11.3 Å². The molecule has 1 N–H and O–H groups in total. The number of anilines is 1. The lowest BCUT2D eigenvalue weighted by molar-refractivity contribution is 0.416. The lowest BCUT2D eigenvalue weighted by Crippen LogP contribution is -2.10. The highest BCUT2D eigenvalue weighted by atomic mass is 16.5. The van der Waals surface area contributed by atoms with Crippen LogP contribution in [0.5, 0.6) is 5.75 Å². The third-order valence-electron chi connectivity index (χ3n) is 3.70. The molecular formula is C16H20N4O. The van der Waals surface area contributed by atoms with Gasteiger partial charge in [-0.2, -0.15) is 10.4 Å². The van der Waals surface area contributed by atoms with E-state index in [1.165, 1.54) is 5.56 Å². The number of aromatic nitrogens is 2. The van der Waals surface area contributed by atoms with Crippen LogP contribution in [-0.4, -0.2) is 16.9 Å². The minimum absolute atomic E-state index is 0.0977. The number of ether oxygens (including phenoxy) is 1. The molecule has 5 nitrogen and oxygen atoms in total. The van der Waals surface area contributed by atoms with Gasteiger partial charge in [-0.25, -0.2) is 0 Å². The predicted octanol–water partition coefficient (Wildman–Crippen LogP) is 3.09. The van der Waals surface area contributed by atoms with Crippen molar-refractivity contribution >= 4 is 5.69 Å². The Hall–Kier alpha value is -2.48. The van der Waals surface area contributed by atoms with E-state index in [1.54, 1.807) is 19.2 Å². The van der Waals surface area contributed by atoms with Crippen molar-refractivity contribution in [2.45, 2.75) is 26.8 Å². The summed E-state index contributed by atoms with van der Waals surface area (Å²) in [6, 6.07) is 7.59. The van der Waals surface area contributed by atoms with Gasteiger partial charge in [0.1, 0.15) is 5.75 Å². The van der Waals surface area contributed by atoms with E-state index in [0.717, 1.165) is 17.1 Å². The molecule has 0 saturated heterocycles. The van der Waals surface area contributed by atoms with Crippen molar-refractivity contribution in [2.24, 2.45) is 7.05 Å². The van der Waals surface area contributed by atoms with E-state index in [4.69, 9.17) is 10.00 Å². The minimum atomic E-state index is 0.0977. The molecule has 2 rings (SSSR count). The number of rotatable bonds is 4. The summed E-state index contributed by atoms with van der Waals surface area (Å²) in [6.07, 6.45) is 0. The first-order valence-corrected chi connectivity index (χ1v) is 6.82. The molecule has 1 heterocycles. The molecule has 0 fully saturated rings. The molecule has 0 radical (unpaired) electrons. The first-order chi connectivity index (χ1) is 9.97. The van der Waals surface area contributed by atoms with E-state index in [9.17, 15) is 0 Å². The Morgan fingerprint density at radius 3 is 2.62 bits per heavy atom. The van der Waals surface area contributed by atoms with Crippen molar-refractivity contribution in [2.75, 3.05) is 12.4 Å². The van der Waals surface area contributed by atoms with Gasteiger partial charge in [-0.05, 0) is 32.9 Å². The van der Waals surface area contributed by atoms with Crippen LogP contribution in [0.3, 0.4) is 0 Å². The van der Waals surface area contributed by atoms with Gasteiger partial charge < -0.3 is 10.1 Å². The molecule has 1 unspecified atom stereocenters. The number of hydrogen-bond donors (Lipinski definition) is 1. The molecule has 110 valence electrons. The van der Waals surface area contributed by atoms with Crippen LogP contribution in [0.1, 0.15) is 35.5 Å². The predicted molar refractivity (Wildman–Crippen MR) is 82.4 cm³/mol. The van der Waals surface area contributed by atoms with Crippen LogP contribution >= 0.6 is 0 Å². The lowest BCUT2D eigenvalue weighted by atomic mass is 10.1. The largest absolute Gasteiger partial charge is 0.495 e. The number of hydrogen-bond acceptors (Lipinski definition) is 4. The molecule has 0 aliphatic carbocycles. The Balaban J connectivity index is 2.31. The summed E-state index contributed by atoms with van der Waals surface area (Å²) in [7, 11) is 3.55. The van der Waals surface area contributed by atoms with E-state index in [1.807, 2.05) is 24.7 Å². The van der Waals surface area contributed by atoms with E-state index >= 15 is 0 Å². The Kier molecular flexibility index (Phi) is 4.18. The average Bonchev–Trinajstić information content (AvgIpc) is 2.72. The molecule has 0 spiro atoms. The zero-order valence-corrected chi connectivity index (χ0v) is 13.1. The monoisotopic (exact) mass is 284 g/mol. The third-order valence-corrected chi connectivity index (χ3v) is 3.70. The maximum Gasteiger partial charge on any atom is 0.143 e. The normalized spacial score (nSPS) is 11.8. The number of nitrogens with one attached hydrogen (secondary N) is 1. The van der Waals surface area contributed by atoms with Gasteiger partial charge in [0.2, 0.25) is 0 Å². The molecule has 0 amide bonds. The Bertz CT molecular complexity index is 697. The van der Waals surface area contributed by atoms with Gasteiger partial charge in [0.25, 0.3) is 0 Å². The van der Waals surface area contributed by atoms with Crippen molar-refractivity contribution in [3.63, 3.8) is 0 Å². The number of methoxy groups -OCH3 is 1. The molecule has 0 aliphatic rings. The molecule has 0 saturated carbocycles. The summed E-state index contributed by atoms with van der Waals surface area (Å²) < 4.78 is 7.24. The first kappa shape index (κ1) is 14.9. The molecule has 0 bridgehead atoms. The Morgan fingerprint density at radius 2 is 2.10 bits per heavy atom. The van der Waals surface area contributed by atoms with Gasteiger partial charge in [-0.1, -0.05) is 0 Å². The van der Waals surface area contributed by atoms with E-state index in [2.05, 4.69) is 30.3 Å². The molecule has 1 atom stereocenters. The van der Waals surface area contributed by atoms with Gasteiger partial charge in [0.15, 0.2) is 0 Å². The fourth-order valence-corrected chi connectivity index (χ4v) is 2.60. The zero-order chi connectivity index (χ0) is 15.6. The third kappa shape index (κ3) is 2.84. The summed E-state index contributed by atoms with van der Waals surface area (Å²) in [5.74, 6) is 0.667. The molecular weight excluding hydrogens is 264 g/mol. The smallest absolute Gasteiger partial charge is 0.143 e. The second-order valence-electron chi connectivity index (χ2n) is 5.10. The highest BCUT2D eigenvalue weighted by molar-refractivity contribution is 5.60. The number of benzene rings is 1. The van der Waals surface area contributed by atoms with Crippen LogP contribution in [0.25, 0.3) is 0 Å². The number of nitriles is 1. The van der Waals surface area contributed by atoms with Crippen molar-refractivity contribution < 1.29 is 4.74 Å². The molecule has 2 aromatic rings. The first-order valence-electron chi connectivity index (χ1n) is 6.82. The van der Waals surface area contributed by atoms with Gasteiger partial charge in [0, 0.05) is 24.4 Å². The highest BCUT2D eigenvalue weighted by Gasteiger charge is 2.17. The summed E-state index contributed by atoms with van der Waals surface area (Å²) in [5, 5.41) is 16.8. The standard InChI is InChI=1S/C16H20N4O/c1-10(16-11(2)19-20(4)12(16)3)18-14-7-6-13(9-17)8-15(14)21-5/h6-8,10,18H,1-5H3. The zero-order valence-electron chi connectivity index (χ0n) is 13.1. The van der Waals surface area contributed by atoms with Crippen LogP contribution < -0.4 is 10.1 Å². The SMILES string of the molecule is COc1cc(C#N)ccc1NC(C)c1c(C)nn(C)c1C. The fourth-order valence-electron chi connectivity index (χ4n) is 2.60. The van der Waals surface area contributed by atoms with Gasteiger partial charge in [-0.3, -0.25) is 4.68 Å². The summed E-state index contributed by atoms with van der Waals surface area (Å²) in [5.41, 5.74) is 4.79. The number of aryl methyl sites for hydroxylation is 2. The topological polar surface area (TPSA) is 62.9 Å². The van der Waals surface area contributed by atoms with Crippen LogP contribution in [-0.2, 0) is 7.05 Å². The van der Waals surface area contributed by atoms with Crippen molar-refractivity contribution in [3.05, 3.63) is 40.7 Å². The minimum Gasteiger partial charge on any atom is -0.495 e. The summed E-state index contributed by atoms with van der Waals surface area (Å²) in [6.45, 7) is 6.16. The maximum absolute atomic E-state index is 8.95. The number of nitrogens with zero attached hydrogens (tertiary/aromatic N) is 3. The van der Waals surface area contributed by atoms with Crippen LogP contribution in [0.15, 0.2) is 18.2 Å². The van der Waals surface area contributed by atoms with Gasteiger partial charge in [0.05, 0.1) is 36.2 Å². The molecule has 1 aromatic carbocycles. The Labute approximate surface area is 125 Å². The highest BCUT2D eigenvalue weighted by Crippen LogP contribution is 2.30. The van der Waals surface area contributed by atoms with Crippen LogP contribution in [0.2, 0.25) is 0 Å². The fraction of sp³-hybridized carbons (Fsp3) is 0.375. The summed E-state index contributed by atoms with van der Waals surface area (Å²) in [4.78, 5) is 0. The van der Waals surface area contributed by atoms with E-state index < -0.39 is 0 Å². The average molecular weight is 284 g/mol. The molecule has 21 heavy (non-hydrogen) atoms. The van der Waals surface area contributed by atoms with Crippen molar-refractivity contribution in [3.8, 4) is 11.8 Å². The molecule has 5 heteroatoms. The van der Waals surface area contributed by atoms with Gasteiger partial charge in [-0.15, -0.1) is 0 Å². The molecule has 1 aromatic heterocycles. The van der Waals surface area contributed by atoms with Crippen molar-refractivity contribution in [1.82, 2.24) is 9.78 Å². The summed E-state index contributed by atoms with van der Waals surface area (Å²) >= 11 is 0. The second-order valence-corrected chi connectivity index (χ2v) is 5.10. The van der Waals surface area contributed by atoms with Gasteiger partial charge >= 0.3 is 0 Å². The van der Waals surface area contributed by atoms with Crippen LogP contribution in [0, 0.1) is 25.2 Å². The maximum atomic E-state index is 8.95. The van der Waals surface area contributed by atoms with E-state index in [-0.39, 0.29) is 6.04 Å². The quantitative estimate of drug-likeness (QED) is 0.937. The lowest BCUT2D eigenvalue weighted by Gasteiger charge is -2.18. The Morgan fingerprint density at radius 1 is 1.38 bits per heavy atom. The second kappa shape index (κ2) is 5.88. The van der Waals surface area contributed by atoms with Crippen LogP contribution in [0.4, 0.5) is 5.69 Å². The molecule has 0 aliphatic heterocycles. The van der Waals surface area contributed by atoms with Crippen molar-refractivity contribution in [1.29, 1.82) is 5.26 Å².